The molecule has 1 aromatic rings. The monoisotopic (exact) mass is 378 g/mol. The Kier molecular flexibility index (Phi) is 6.83. The van der Waals surface area contributed by atoms with Crippen LogP contribution in [0.2, 0.25) is 0 Å². The van der Waals surface area contributed by atoms with Gasteiger partial charge in [0.2, 0.25) is 5.91 Å². The van der Waals surface area contributed by atoms with Gasteiger partial charge in [0.1, 0.15) is 0 Å². The third kappa shape index (κ3) is 4.10. The van der Waals surface area contributed by atoms with Crippen LogP contribution < -0.4 is 5.32 Å². The number of β-lactam (4-membered cyclic amide) rings is 1. The van der Waals surface area contributed by atoms with E-state index in [0.29, 0.717) is 23.5 Å². The van der Waals surface area contributed by atoms with Gasteiger partial charge in [-0.05, 0) is 32.9 Å². The number of rotatable bonds is 7. The van der Waals surface area contributed by atoms with E-state index < -0.39 is 17.9 Å². The molecule has 7 heteroatoms. The quantitative estimate of drug-likeness (QED) is 0.559. The molecule has 1 aliphatic rings. The van der Waals surface area contributed by atoms with Crippen LogP contribution in [0.5, 0.6) is 0 Å². The van der Waals surface area contributed by atoms with Crippen LogP contribution in [0.4, 0.5) is 0 Å². The SMILES string of the molecule is CCN(CC)C(=O)c1ccccc1SC(=O)C(C)[C@H]1NC(=O)[C@@H]1C(C)O. The van der Waals surface area contributed by atoms with Crippen molar-refractivity contribution in [3.05, 3.63) is 29.8 Å². The Hall–Kier alpha value is -1.86. The first-order valence-corrected chi connectivity index (χ1v) is 9.71. The molecule has 0 aliphatic carbocycles. The summed E-state index contributed by atoms with van der Waals surface area (Å²) in [6.45, 7) is 8.33. The molecule has 1 aliphatic heterocycles. The van der Waals surface area contributed by atoms with Gasteiger partial charge in [0.15, 0.2) is 5.12 Å². The number of carbonyl (C=O) groups excluding carboxylic acids is 3. The fourth-order valence-corrected chi connectivity index (χ4v) is 4.09. The van der Waals surface area contributed by atoms with Crippen molar-refractivity contribution in [2.75, 3.05) is 13.1 Å². The molecule has 1 aromatic carbocycles. The second-order valence-electron chi connectivity index (χ2n) is 6.48. The van der Waals surface area contributed by atoms with Crippen molar-refractivity contribution in [3.63, 3.8) is 0 Å². The first-order chi connectivity index (χ1) is 12.3. The predicted molar refractivity (Wildman–Crippen MR) is 101 cm³/mol. The minimum atomic E-state index is -0.800. The molecular weight excluding hydrogens is 352 g/mol. The fourth-order valence-electron chi connectivity index (χ4n) is 3.13. The van der Waals surface area contributed by atoms with Crippen molar-refractivity contribution in [1.82, 2.24) is 10.2 Å². The van der Waals surface area contributed by atoms with E-state index in [1.54, 1.807) is 43.0 Å². The standard InChI is InChI=1S/C19H26N2O4S/c1-5-21(6-2)18(24)13-9-7-8-10-14(13)26-19(25)11(3)16-15(12(4)22)17(23)20-16/h7-12,15-16,22H,5-6H2,1-4H3,(H,20,23)/t11?,12?,15-,16-/m1/s1. The summed E-state index contributed by atoms with van der Waals surface area (Å²) >= 11 is 1.02. The van der Waals surface area contributed by atoms with Crippen molar-refractivity contribution >= 4 is 28.7 Å². The third-order valence-corrected chi connectivity index (χ3v) is 5.96. The first-order valence-electron chi connectivity index (χ1n) is 8.90. The van der Waals surface area contributed by atoms with Crippen molar-refractivity contribution in [1.29, 1.82) is 0 Å². The summed E-state index contributed by atoms with van der Waals surface area (Å²) in [6, 6.07) is 6.68. The van der Waals surface area contributed by atoms with E-state index in [-0.39, 0.29) is 23.0 Å². The number of thioether (sulfide) groups is 1. The van der Waals surface area contributed by atoms with Crippen LogP contribution in [0.25, 0.3) is 0 Å². The fraction of sp³-hybridized carbons (Fsp3) is 0.526. The van der Waals surface area contributed by atoms with Gasteiger partial charge in [-0.2, -0.15) is 0 Å². The van der Waals surface area contributed by atoms with E-state index in [1.165, 1.54) is 0 Å². The second-order valence-corrected chi connectivity index (χ2v) is 7.53. The lowest BCUT2D eigenvalue weighted by Crippen LogP contribution is -2.65. The average molecular weight is 378 g/mol. The maximum absolute atomic E-state index is 12.7. The van der Waals surface area contributed by atoms with Crippen LogP contribution in [0.3, 0.4) is 0 Å². The largest absolute Gasteiger partial charge is 0.393 e. The van der Waals surface area contributed by atoms with Crippen molar-refractivity contribution in [2.24, 2.45) is 11.8 Å². The van der Waals surface area contributed by atoms with Crippen LogP contribution in [0.1, 0.15) is 38.1 Å². The van der Waals surface area contributed by atoms with Gasteiger partial charge in [-0.3, -0.25) is 14.4 Å². The van der Waals surface area contributed by atoms with Crippen LogP contribution in [0, 0.1) is 11.8 Å². The zero-order valence-electron chi connectivity index (χ0n) is 15.6. The minimum Gasteiger partial charge on any atom is -0.393 e. The third-order valence-electron chi connectivity index (χ3n) is 4.81. The molecule has 1 saturated heterocycles. The molecule has 0 saturated carbocycles. The van der Waals surface area contributed by atoms with E-state index >= 15 is 0 Å². The molecule has 6 nitrogen and oxygen atoms in total. The number of aliphatic hydroxyl groups is 1. The highest BCUT2D eigenvalue weighted by Crippen LogP contribution is 2.32. The zero-order valence-corrected chi connectivity index (χ0v) is 16.4. The molecule has 2 N–H and O–H groups in total. The highest BCUT2D eigenvalue weighted by Gasteiger charge is 2.47. The molecule has 1 heterocycles. The highest BCUT2D eigenvalue weighted by atomic mass is 32.2. The van der Waals surface area contributed by atoms with E-state index in [2.05, 4.69) is 5.32 Å². The molecule has 26 heavy (non-hydrogen) atoms. The van der Waals surface area contributed by atoms with Crippen LogP contribution >= 0.6 is 11.8 Å². The lowest BCUT2D eigenvalue weighted by Gasteiger charge is -2.41. The Morgan fingerprint density at radius 3 is 2.38 bits per heavy atom. The molecule has 2 rings (SSSR count). The van der Waals surface area contributed by atoms with E-state index in [1.807, 2.05) is 13.8 Å². The molecule has 142 valence electrons. The molecule has 0 spiro atoms. The lowest BCUT2D eigenvalue weighted by atomic mass is 9.79. The Morgan fingerprint density at radius 1 is 1.23 bits per heavy atom. The second kappa shape index (κ2) is 8.68. The van der Waals surface area contributed by atoms with Gasteiger partial charge >= 0.3 is 0 Å². The van der Waals surface area contributed by atoms with Gasteiger partial charge in [0.25, 0.3) is 5.91 Å². The van der Waals surface area contributed by atoms with Crippen LogP contribution in [0.15, 0.2) is 29.2 Å². The van der Waals surface area contributed by atoms with Gasteiger partial charge in [0.05, 0.1) is 23.6 Å². The topological polar surface area (TPSA) is 86.7 Å². The van der Waals surface area contributed by atoms with E-state index in [9.17, 15) is 19.5 Å². The van der Waals surface area contributed by atoms with Gasteiger partial charge < -0.3 is 15.3 Å². The lowest BCUT2D eigenvalue weighted by molar-refractivity contribution is -0.143. The summed E-state index contributed by atoms with van der Waals surface area (Å²) in [5.41, 5.74) is 0.506. The van der Waals surface area contributed by atoms with E-state index in [4.69, 9.17) is 0 Å². The Morgan fingerprint density at radius 2 is 1.85 bits per heavy atom. The molecule has 4 atom stereocenters. The smallest absolute Gasteiger partial charge is 0.254 e. The maximum atomic E-state index is 12.7. The number of nitrogens with zero attached hydrogens (tertiary/aromatic N) is 1. The van der Waals surface area contributed by atoms with Crippen LogP contribution in [-0.2, 0) is 9.59 Å². The van der Waals surface area contributed by atoms with Crippen molar-refractivity contribution in [3.8, 4) is 0 Å². The molecule has 1 fully saturated rings. The van der Waals surface area contributed by atoms with Gasteiger partial charge in [-0.15, -0.1) is 0 Å². The van der Waals surface area contributed by atoms with Crippen molar-refractivity contribution < 1.29 is 19.5 Å². The summed E-state index contributed by atoms with van der Waals surface area (Å²) in [4.78, 5) is 39.3. The van der Waals surface area contributed by atoms with Crippen LogP contribution in [-0.4, -0.2) is 52.2 Å². The molecular formula is C19H26N2O4S. The summed E-state index contributed by atoms with van der Waals surface area (Å²) in [5, 5.41) is 12.3. The molecule has 0 aromatic heterocycles. The average Bonchev–Trinajstić information content (AvgIpc) is 2.59. The maximum Gasteiger partial charge on any atom is 0.254 e. The summed E-state index contributed by atoms with van der Waals surface area (Å²) in [5.74, 6) is -1.36. The predicted octanol–water partition coefficient (Wildman–Crippen LogP) is 1.92. The summed E-state index contributed by atoms with van der Waals surface area (Å²) < 4.78 is 0. The molecule has 0 radical (unpaired) electrons. The summed E-state index contributed by atoms with van der Waals surface area (Å²) in [6.07, 6.45) is -0.800. The number of carbonyl (C=O) groups is 3. The Labute approximate surface area is 158 Å². The number of benzene rings is 1. The van der Waals surface area contributed by atoms with Gasteiger partial charge in [0, 0.05) is 23.9 Å². The molecule has 2 unspecified atom stereocenters. The number of hydrogen-bond acceptors (Lipinski definition) is 5. The highest BCUT2D eigenvalue weighted by molar-refractivity contribution is 8.13. The Bertz CT molecular complexity index is 688. The number of aliphatic hydroxyl groups excluding tert-OH is 1. The number of hydrogen-bond donors (Lipinski definition) is 2. The zero-order chi connectivity index (χ0) is 19.4. The van der Waals surface area contributed by atoms with Gasteiger partial charge in [-0.1, -0.05) is 30.8 Å². The first kappa shape index (κ1) is 20.5. The molecule has 0 bridgehead atoms. The summed E-state index contributed by atoms with van der Waals surface area (Å²) in [7, 11) is 0. The van der Waals surface area contributed by atoms with Crippen molar-refractivity contribution in [2.45, 2.75) is 44.7 Å². The minimum absolute atomic E-state index is 0.0997. The molecule has 2 amide bonds. The number of amides is 2. The normalized spacial score (nSPS) is 21.3. The van der Waals surface area contributed by atoms with E-state index in [0.717, 1.165) is 11.8 Å². The van der Waals surface area contributed by atoms with Gasteiger partial charge in [-0.25, -0.2) is 0 Å². The number of nitrogens with one attached hydrogen (secondary N) is 1. The Balaban J connectivity index is 2.15.